The minimum Gasteiger partial charge on any atom is -0.493 e. The summed E-state index contributed by atoms with van der Waals surface area (Å²) in [5.41, 5.74) is 2.70. The van der Waals surface area contributed by atoms with Crippen LogP contribution in [-0.2, 0) is 19.7 Å². The van der Waals surface area contributed by atoms with Gasteiger partial charge in [0.2, 0.25) is 0 Å². The van der Waals surface area contributed by atoms with Crippen molar-refractivity contribution in [3.63, 3.8) is 0 Å². The van der Waals surface area contributed by atoms with Crippen LogP contribution in [0.3, 0.4) is 0 Å². The number of rotatable bonds is 8. The number of hydrogen-bond donors (Lipinski definition) is 3. The van der Waals surface area contributed by atoms with E-state index in [1.807, 2.05) is 48.5 Å². The molecule has 2 rings (SSSR count). The first kappa shape index (κ1) is 18.8. The van der Waals surface area contributed by atoms with E-state index in [2.05, 4.69) is 24.5 Å². The van der Waals surface area contributed by atoms with Crippen LogP contribution in [-0.4, -0.2) is 17.7 Å². The summed E-state index contributed by atoms with van der Waals surface area (Å²) in [4.78, 5) is 12.0. The molecule has 0 aliphatic rings. The van der Waals surface area contributed by atoms with Crippen LogP contribution in [0.2, 0.25) is 0 Å². The van der Waals surface area contributed by atoms with Crippen LogP contribution in [0, 0.1) is 5.92 Å². The second-order valence-corrected chi connectivity index (χ2v) is 6.32. The second kappa shape index (κ2) is 9.69. The lowest BCUT2D eigenvalue weighted by Crippen LogP contribution is -2.34. The van der Waals surface area contributed by atoms with E-state index in [0.717, 1.165) is 22.4 Å². The van der Waals surface area contributed by atoms with Gasteiger partial charge in [0.1, 0.15) is 5.75 Å². The molecule has 5 heteroatoms. The first-order chi connectivity index (χ1) is 12.1. The zero-order chi connectivity index (χ0) is 18.1. The Morgan fingerprint density at radius 1 is 1.04 bits per heavy atom. The number of aliphatic hydroxyl groups excluding tert-OH is 1. The molecule has 3 N–H and O–H groups in total. The average Bonchev–Trinajstić information content (AvgIpc) is 2.63. The second-order valence-electron chi connectivity index (χ2n) is 6.32. The van der Waals surface area contributed by atoms with E-state index in [4.69, 9.17) is 4.74 Å². The van der Waals surface area contributed by atoms with E-state index >= 15 is 0 Å². The van der Waals surface area contributed by atoms with Crippen molar-refractivity contribution in [3.05, 3.63) is 65.2 Å². The Hall–Kier alpha value is -2.53. The molecule has 0 atom stereocenters. The number of hydrogen-bond acceptors (Lipinski definition) is 3. The van der Waals surface area contributed by atoms with Crippen molar-refractivity contribution in [1.29, 1.82) is 0 Å². The molecule has 2 aromatic carbocycles. The Labute approximate surface area is 149 Å². The molecule has 134 valence electrons. The lowest BCUT2D eigenvalue weighted by Gasteiger charge is -2.12. The first-order valence-corrected chi connectivity index (χ1v) is 8.49. The molecule has 0 fully saturated rings. The molecule has 5 nitrogen and oxygen atoms in total. The predicted molar refractivity (Wildman–Crippen MR) is 98.2 cm³/mol. The van der Waals surface area contributed by atoms with Crippen molar-refractivity contribution in [3.8, 4) is 5.75 Å². The normalized spacial score (nSPS) is 10.6. The third-order valence-corrected chi connectivity index (χ3v) is 3.66. The number of ether oxygens (including phenoxy) is 1. The van der Waals surface area contributed by atoms with Crippen LogP contribution in [0.4, 0.5) is 4.79 Å². The number of carbonyl (C=O) groups is 1. The van der Waals surface area contributed by atoms with Crippen LogP contribution in [0.5, 0.6) is 5.75 Å². The van der Waals surface area contributed by atoms with Gasteiger partial charge in [-0.2, -0.15) is 0 Å². The van der Waals surface area contributed by atoms with Crippen molar-refractivity contribution in [1.82, 2.24) is 10.6 Å². The predicted octanol–water partition coefficient (Wildman–Crippen LogP) is 3.21. The Balaban J connectivity index is 1.80. The highest BCUT2D eigenvalue weighted by molar-refractivity contribution is 5.73. The van der Waals surface area contributed by atoms with Gasteiger partial charge in [0.25, 0.3) is 0 Å². The summed E-state index contributed by atoms with van der Waals surface area (Å²) < 4.78 is 5.69. The van der Waals surface area contributed by atoms with Crippen LogP contribution < -0.4 is 15.4 Å². The van der Waals surface area contributed by atoms with Gasteiger partial charge in [-0.25, -0.2) is 4.79 Å². The maximum absolute atomic E-state index is 12.0. The molecule has 0 aliphatic carbocycles. The monoisotopic (exact) mass is 342 g/mol. The van der Waals surface area contributed by atoms with E-state index in [1.54, 1.807) is 0 Å². The molecule has 0 heterocycles. The SMILES string of the molecule is CC(C)COc1cccc(CNC(=O)NCc2ccccc2CO)c1. The van der Waals surface area contributed by atoms with Crippen molar-refractivity contribution >= 4 is 6.03 Å². The average molecular weight is 342 g/mol. The quantitative estimate of drug-likeness (QED) is 0.690. The van der Waals surface area contributed by atoms with E-state index in [-0.39, 0.29) is 12.6 Å². The Kier molecular flexibility index (Phi) is 7.29. The molecular weight excluding hydrogens is 316 g/mol. The third kappa shape index (κ3) is 6.47. The van der Waals surface area contributed by atoms with Crippen molar-refractivity contribution < 1.29 is 14.6 Å². The Morgan fingerprint density at radius 2 is 1.76 bits per heavy atom. The molecule has 0 radical (unpaired) electrons. The van der Waals surface area contributed by atoms with Crippen molar-refractivity contribution in [2.45, 2.75) is 33.5 Å². The number of carbonyl (C=O) groups excluding carboxylic acids is 1. The Morgan fingerprint density at radius 3 is 2.48 bits per heavy atom. The maximum atomic E-state index is 12.0. The van der Waals surface area contributed by atoms with Crippen LogP contribution in [0.25, 0.3) is 0 Å². The number of aliphatic hydroxyl groups is 1. The fourth-order valence-electron chi connectivity index (χ4n) is 2.31. The van der Waals surface area contributed by atoms with Gasteiger partial charge in [-0.1, -0.05) is 50.2 Å². The number of nitrogens with one attached hydrogen (secondary N) is 2. The zero-order valence-electron chi connectivity index (χ0n) is 14.8. The van der Waals surface area contributed by atoms with Gasteiger partial charge in [-0.3, -0.25) is 0 Å². The summed E-state index contributed by atoms with van der Waals surface area (Å²) in [6, 6.07) is 15.0. The van der Waals surface area contributed by atoms with Gasteiger partial charge in [0.15, 0.2) is 0 Å². The molecule has 2 aromatic rings. The van der Waals surface area contributed by atoms with Crippen molar-refractivity contribution in [2.75, 3.05) is 6.61 Å². The molecule has 0 aliphatic heterocycles. The largest absolute Gasteiger partial charge is 0.493 e. The minimum atomic E-state index is -0.249. The summed E-state index contributed by atoms with van der Waals surface area (Å²) >= 11 is 0. The van der Waals surface area contributed by atoms with Gasteiger partial charge < -0.3 is 20.5 Å². The zero-order valence-corrected chi connectivity index (χ0v) is 14.8. The fourth-order valence-corrected chi connectivity index (χ4v) is 2.31. The summed E-state index contributed by atoms with van der Waals surface area (Å²) in [5, 5.41) is 14.9. The fraction of sp³-hybridized carbons (Fsp3) is 0.350. The van der Waals surface area contributed by atoms with E-state index in [0.29, 0.717) is 25.6 Å². The van der Waals surface area contributed by atoms with Crippen molar-refractivity contribution in [2.24, 2.45) is 5.92 Å². The highest BCUT2D eigenvalue weighted by atomic mass is 16.5. The number of amides is 2. The van der Waals surface area contributed by atoms with E-state index < -0.39 is 0 Å². The topological polar surface area (TPSA) is 70.6 Å². The molecule has 2 amide bonds. The molecule has 25 heavy (non-hydrogen) atoms. The standard InChI is InChI=1S/C20H26N2O3/c1-15(2)14-25-19-9-5-6-16(10-19)11-21-20(24)22-12-17-7-3-4-8-18(17)13-23/h3-10,15,23H,11-14H2,1-2H3,(H2,21,22,24). The number of benzene rings is 2. The smallest absolute Gasteiger partial charge is 0.315 e. The van der Waals surface area contributed by atoms with Gasteiger partial charge in [0.05, 0.1) is 13.2 Å². The van der Waals surface area contributed by atoms with Gasteiger partial charge >= 0.3 is 6.03 Å². The first-order valence-electron chi connectivity index (χ1n) is 8.49. The summed E-state index contributed by atoms with van der Waals surface area (Å²) in [5.74, 6) is 1.28. The summed E-state index contributed by atoms with van der Waals surface area (Å²) in [6.07, 6.45) is 0. The molecule has 0 unspecified atom stereocenters. The van der Waals surface area contributed by atoms with Crippen LogP contribution in [0.15, 0.2) is 48.5 Å². The lowest BCUT2D eigenvalue weighted by atomic mass is 10.1. The number of urea groups is 1. The van der Waals surface area contributed by atoms with Gasteiger partial charge in [-0.05, 0) is 34.7 Å². The lowest BCUT2D eigenvalue weighted by molar-refractivity contribution is 0.239. The Bertz CT molecular complexity index is 686. The molecule has 0 bridgehead atoms. The van der Waals surface area contributed by atoms with Gasteiger partial charge in [0, 0.05) is 13.1 Å². The summed E-state index contributed by atoms with van der Waals surface area (Å²) in [6.45, 7) is 5.63. The van der Waals surface area contributed by atoms with Crippen LogP contribution >= 0.6 is 0 Å². The summed E-state index contributed by atoms with van der Waals surface area (Å²) in [7, 11) is 0. The van der Waals surface area contributed by atoms with Gasteiger partial charge in [-0.15, -0.1) is 0 Å². The highest BCUT2D eigenvalue weighted by Gasteiger charge is 2.05. The minimum absolute atomic E-state index is 0.0390. The highest BCUT2D eigenvalue weighted by Crippen LogP contribution is 2.14. The molecular formula is C20H26N2O3. The maximum Gasteiger partial charge on any atom is 0.315 e. The molecule has 0 spiro atoms. The van der Waals surface area contributed by atoms with E-state index in [1.165, 1.54) is 0 Å². The van der Waals surface area contributed by atoms with Crippen LogP contribution in [0.1, 0.15) is 30.5 Å². The third-order valence-electron chi connectivity index (χ3n) is 3.66. The molecule has 0 aromatic heterocycles. The molecule has 0 saturated heterocycles. The van der Waals surface area contributed by atoms with E-state index in [9.17, 15) is 9.90 Å². The molecule has 0 saturated carbocycles.